The molecule has 1 atom stereocenters. The van der Waals surface area contributed by atoms with Crippen LogP contribution in [0.1, 0.15) is 5.69 Å². The minimum atomic E-state index is -0.492. The van der Waals surface area contributed by atoms with Crippen LogP contribution in [0.4, 0.5) is 0 Å². The number of aromatic amines is 1. The molecule has 1 heterocycles. The van der Waals surface area contributed by atoms with Crippen molar-refractivity contribution < 1.29 is 5.11 Å². The van der Waals surface area contributed by atoms with Crippen LogP contribution in [0, 0.1) is 0 Å². The molecule has 0 fully saturated rings. The summed E-state index contributed by atoms with van der Waals surface area (Å²) in [4.78, 5) is 3.21. The van der Waals surface area contributed by atoms with E-state index in [1.165, 1.54) is 0 Å². The Kier molecular flexibility index (Phi) is 2.95. The van der Waals surface area contributed by atoms with Crippen LogP contribution in [0.25, 0.3) is 10.9 Å². The van der Waals surface area contributed by atoms with E-state index in [4.69, 9.17) is 17.3 Å². The van der Waals surface area contributed by atoms with E-state index in [2.05, 4.69) is 4.98 Å². The van der Waals surface area contributed by atoms with Crippen molar-refractivity contribution in [3.63, 3.8) is 0 Å². The Hall–Kier alpha value is -1.03. The number of hydrogen-bond donors (Lipinski definition) is 3. The maximum absolute atomic E-state index is 9.42. The van der Waals surface area contributed by atoms with E-state index in [1.54, 1.807) is 0 Å². The van der Waals surface area contributed by atoms with Crippen LogP contribution in [0.3, 0.4) is 0 Å². The molecule has 0 aliphatic carbocycles. The molecule has 0 radical (unpaired) electrons. The fourth-order valence-electron chi connectivity index (χ4n) is 1.61. The van der Waals surface area contributed by atoms with Crippen LogP contribution in [0.5, 0.6) is 0 Å². The third-order valence-electron chi connectivity index (χ3n) is 2.37. The van der Waals surface area contributed by atoms with Crippen molar-refractivity contribution >= 4 is 22.5 Å². The van der Waals surface area contributed by atoms with E-state index in [1.807, 2.05) is 24.3 Å². The van der Waals surface area contributed by atoms with Gasteiger partial charge in [0.05, 0.1) is 6.10 Å². The highest BCUT2D eigenvalue weighted by Crippen LogP contribution is 2.20. The van der Waals surface area contributed by atoms with Gasteiger partial charge >= 0.3 is 0 Å². The number of nitrogens with two attached hydrogens (primary N) is 1. The Balaban J connectivity index is 2.30. The molecule has 0 bridgehead atoms. The van der Waals surface area contributed by atoms with Gasteiger partial charge in [-0.1, -0.05) is 11.6 Å². The summed E-state index contributed by atoms with van der Waals surface area (Å²) in [5, 5.41) is 11.2. The first-order valence-corrected chi connectivity index (χ1v) is 5.22. The van der Waals surface area contributed by atoms with E-state index in [-0.39, 0.29) is 6.54 Å². The van der Waals surface area contributed by atoms with Gasteiger partial charge in [0.15, 0.2) is 0 Å². The molecule has 0 spiro atoms. The summed E-state index contributed by atoms with van der Waals surface area (Å²) < 4.78 is 0. The lowest BCUT2D eigenvalue weighted by Crippen LogP contribution is -2.22. The van der Waals surface area contributed by atoms with Crippen LogP contribution in [0.2, 0.25) is 5.02 Å². The van der Waals surface area contributed by atoms with Gasteiger partial charge < -0.3 is 15.8 Å². The molecule has 3 nitrogen and oxygen atoms in total. The van der Waals surface area contributed by atoms with Crippen molar-refractivity contribution in [1.29, 1.82) is 0 Å². The van der Waals surface area contributed by atoms with Crippen LogP contribution in [0.15, 0.2) is 24.3 Å². The van der Waals surface area contributed by atoms with Gasteiger partial charge in [-0.2, -0.15) is 0 Å². The quantitative estimate of drug-likeness (QED) is 0.743. The van der Waals surface area contributed by atoms with E-state index in [9.17, 15) is 5.11 Å². The summed E-state index contributed by atoms with van der Waals surface area (Å²) >= 11 is 5.88. The van der Waals surface area contributed by atoms with E-state index < -0.39 is 6.10 Å². The maximum Gasteiger partial charge on any atom is 0.0716 e. The standard InChI is InChI=1S/C11H13ClN2O/c12-8-1-2-11-7(3-8)4-9(14-11)5-10(15)6-13/h1-4,10,14-15H,5-6,13H2. The normalized spacial score (nSPS) is 13.3. The molecular weight excluding hydrogens is 212 g/mol. The van der Waals surface area contributed by atoms with Crippen molar-refractivity contribution in [2.24, 2.45) is 5.73 Å². The minimum absolute atomic E-state index is 0.274. The Morgan fingerprint density at radius 1 is 1.40 bits per heavy atom. The topological polar surface area (TPSA) is 62.0 Å². The van der Waals surface area contributed by atoms with Crippen molar-refractivity contribution in [2.45, 2.75) is 12.5 Å². The number of aromatic nitrogens is 1. The van der Waals surface area contributed by atoms with Crippen molar-refractivity contribution in [2.75, 3.05) is 6.54 Å². The van der Waals surface area contributed by atoms with Gasteiger partial charge in [-0.3, -0.25) is 0 Å². The van der Waals surface area contributed by atoms with Gasteiger partial charge in [-0.05, 0) is 24.3 Å². The predicted molar refractivity (Wildman–Crippen MR) is 62.1 cm³/mol. The van der Waals surface area contributed by atoms with Crippen molar-refractivity contribution in [3.05, 3.63) is 35.0 Å². The second-order valence-electron chi connectivity index (χ2n) is 3.62. The van der Waals surface area contributed by atoms with Crippen LogP contribution >= 0.6 is 11.6 Å². The molecule has 4 N–H and O–H groups in total. The molecule has 80 valence electrons. The molecule has 0 aliphatic heterocycles. The molecule has 1 unspecified atom stereocenters. The van der Waals surface area contributed by atoms with Crippen molar-refractivity contribution in [3.8, 4) is 0 Å². The van der Waals surface area contributed by atoms with E-state index >= 15 is 0 Å². The SMILES string of the molecule is NCC(O)Cc1cc2cc(Cl)ccc2[nH]1. The van der Waals surface area contributed by atoms with Crippen molar-refractivity contribution in [1.82, 2.24) is 4.98 Å². The molecule has 0 saturated carbocycles. The highest BCUT2D eigenvalue weighted by molar-refractivity contribution is 6.31. The van der Waals surface area contributed by atoms with Gasteiger partial charge in [0.1, 0.15) is 0 Å². The molecule has 4 heteroatoms. The lowest BCUT2D eigenvalue weighted by Gasteiger charge is -2.04. The van der Waals surface area contributed by atoms with Crippen LogP contribution in [-0.4, -0.2) is 22.7 Å². The van der Waals surface area contributed by atoms with Gasteiger partial charge in [-0.15, -0.1) is 0 Å². The first-order chi connectivity index (χ1) is 7.19. The van der Waals surface area contributed by atoms with E-state index in [0.29, 0.717) is 11.4 Å². The summed E-state index contributed by atoms with van der Waals surface area (Å²) in [6, 6.07) is 7.64. The largest absolute Gasteiger partial charge is 0.391 e. The predicted octanol–water partition coefficient (Wildman–Crippen LogP) is 1.68. The molecule has 0 amide bonds. The summed E-state index contributed by atoms with van der Waals surface area (Å²) in [5.41, 5.74) is 7.36. The Morgan fingerprint density at radius 2 is 2.20 bits per heavy atom. The highest BCUT2D eigenvalue weighted by atomic mass is 35.5. The minimum Gasteiger partial charge on any atom is -0.391 e. The molecule has 1 aromatic heterocycles. The van der Waals surface area contributed by atoms with Gasteiger partial charge in [0.2, 0.25) is 0 Å². The number of H-pyrrole nitrogens is 1. The summed E-state index contributed by atoms with van der Waals surface area (Å²) in [6.07, 6.45) is 0.0523. The van der Waals surface area contributed by atoms with Gasteiger partial charge in [0.25, 0.3) is 0 Å². The first kappa shape index (κ1) is 10.5. The molecule has 2 rings (SSSR count). The fraction of sp³-hybridized carbons (Fsp3) is 0.273. The number of nitrogens with one attached hydrogen (secondary N) is 1. The number of hydrogen-bond acceptors (Lipinski definition) is 2. The lowest BCUT2D eigenvalue weighted by molar-refractivity contribution is 0.182. The third kappa shape index (κ3) is 2.31. The van der Waals surface area contributed by atoms with Gasteiger partial charge in [-0.25, -0.2) is 0 Å². The summed E-state index contributed by atoms with van der Waals surface area (Å²) in [6.45, 7) is 0.274. The second-order valence-corrected chi connectivity index (χ2v) is 4.06. The Bertz CT molecular complexity index is 467. The maximum atomic E-state index is 9.42. The number of rotatable bonds is 3. The molecule has 2 aromatic rings. The number of aliphatic hydroxyl groups excluding tert-OH is 1. The Morgan fingerprint density at radius 3 is 2.93 bits per heavy atom. The average molecular weight is 225 g/mol. The number of benzene rings is 1. The summed E-state index contributed by atoms with van der Waals surface area (Å²) in [7, 11) is 0. The second kappa shape index (κ2) is 4.23. The van der Waals surface area contributed by atoms with Crippen LogP contribution in [-0.2, 0) is 6.42 Å². The molecule has 0 saturated heterocycles. The first-order valence-electron chi connectivity index (χ1n) is 4.84. The zero-order valence-corrected chi connectivity index (χ0v) is 8.96. The molecule has 0 aliphatic rings. The number of fused-ring (bicyclic) bond motifs is 1. The smallest absolute Gasteiger partial charge is 0.0716 e. The Labute approximate surface area is 92.9 Å². The average Bonchev–Trinajstić information content (AvgIpc) is 2.59. The number of halogens is 1. The highest BCUT2D eigenvalue weighted by Gasteiger charge is 2.06. The molecule has 15 heavy (non-hydrogen) atoms. The summed E-state index contributed by atoms with van der Waals surface area (Å²) in [5.74, 6) is 0. The fourth-order valence-corrected chi connectivity index (χ4v) is 1.79. The van der Waals surface area contributed by atoms with Crippen LogP contribution < -0.4 is 5.73 Å². The van der Waals surface area contributed by atoms with Gasteiger partial charge in [0, 0.05) is 34.6 Å². The zero-order chi connectivity index (χ0) is 10.8. The third-order valence-corrected chi connectivity index (χ3v) is 2.60. The lowest BCUT2D eigenvalue weighted by atomic mass is 10.2. The number of aliphatic hydroxyl groups is 1. The molecular formula is C11H13ClN2O. The molecule has 1 aromatic carbocycles. The monoisotopic (exact) mass is 224 g/mol. The zero-order valence-electron chi connectivity index (χ0n) is 8.20. The van der Waals surface area contributed by atoms with E-state index in [0.717, 1.165) is 16.6 Å².